The van der Waals surface area contributed by atoms with Gasteiger partial charge in [-0.3, -0.25) is 0 Å². The number of nitrogens with one attached hydrogen (secondary N) is 1. The van der Waals surface area contributed by atoms with Gasteiger partial charge in [0, 0.05) is 18.5 Å². The molecule has 5 nitrogen and oxygen atoms in total. The number of nitrogens with zero attached hydrogens (tertiary/aromatic N) is 2. The van der Waals surface area contributed by atoms with Crippen molar-refractivity contribution in [1.29, 1.82) is 0 Å². The Morgan fingerprint density at radius 2 is 2.40 bits per heavy atom. The van der Waals surface area contributed by atoms with Crippen molar-refractivity contribution in [3.8, 4) is 5.75 Å². The number of aromatic nitrogens is 2. The molecule has 20 heavy (non-hydrogen) atoms. The third kappa shape index (κ3) is 3.33. The van der Waals surface area contributed by atoms with E-state index in [9.17, 15) is 4.39 Å². The van der Waals surface area contributed by atoms with Crippen LogP contribution in [-0.2, 0) is 13.0 Å². The molecule has 1 N–H and O–H groups in total. The Hall–Kier alpha value is -1.95. The molecule has 1 aromatic heterocycles. The fourth-order valence-electron chi connectivity index (χ4n) is 2.28. The molecule has 0 spiro atoms. The van der Waals surface area contributed by atoms with Gasteiger partial charge < -0.3 is 14.6 Å². The maximum absolute atomic E-state index is 13.0. The van der Waals surface area contributed by atoms with Gasteiger partial charge in [-0.1, -0.05) is 11.2 Å². The minimum absolute atomic E-state index is 0.172. The smallest absolute Gasteiger partial charge is 0.228 e. The molecule has 1 aromatic carbocycles. The second-order valence-corrected chi connectivity index (χ2v) is 4.85. The van der Waals surface area contributed by atoms with Gasteiger partial charge in [-0.2, -0.15) is 4.98 Å². The van der Waals surface area contributed by atoms with Crippen molar-refractivity contribution in [2.75, 3.05) is 6.54 Å². The van der Waals surface area contributed by atoms with Gasteiger partial charge >= 0.3 is 0 Å². The number of halogens is 1. The maximum Gasteiger partial charge on any atom is 0.228 e. The predicted octanol–water partition coefficient (Wildman–Crippen LogP) is 2.08. The largest absolute Gasteiger partial charge is 0.485 e. The van der Waals surface area contributed by atoms with E-state index in [1.807, 2.05) is 0 Å². The van der Waals surface area contributed by atoms with Gasteiger partial charge in [0.15, 0.2) is 6.61 Å². The number of benzene rings is 1. The Morgan fingerprint density at radius 3 is 3.20 bits per heavy atom. The van der Waals surface area contributed by atoms with E-state index >= 15 is 0 Å². The summed E-state index contributed by atoms with van der Waals surface area (Å²) < 4.78 is 23.6. The zero-order valence-corrected chi connectivity index (χ0v) is 11.0. The summed E-state index contributed by atoms with van der Waals surface area (Å²) in [4.78, 5) is 4.27. The van der Waals surface area contributed by atoms with Crippen LogP contribution >= 0.6 is 0 Å². The molecule has 1 aliphatic heterocycles. The Bertz CT molecular complexity index is 567. The molecule has 2 aromatic rings. The van der Waals surface area contributed by atoms with Gasteiger partial charge in [0.2, 0.25) is 11.7 Å². The first-order chi connectivity index (χ1) is 9.79. The Balaban J connectivity index is 1.54. The molecular weight excluding hydrogens is 261 g/mol. The van der Waals surface area contributed by atoms with Crippen LogP contribution in [0.3, 0.4) is 0 Å². The zero-order valence-electron chi connectivity index (χ0n) is 11.0. The van der Waals surface area contributed by atoms with E-state index in [-0.39, 0.29) is 12.4 Å². The van der Waals surface area contributed by atoms with Crippen molar-refractivity contribution in [2.24, 2.45) is 0 Å². The quantitative estimate of drug-likeness (QED) is 0.906. The highest BCUT2D eigenvalue weighted by Crippen LogP contribution is 2.14. The fraction of sp³-hybridized carbons (Fsp3) is 0.429. The van der Waals surface area contributed by atoms with Crippen molar-refractivity contribution >= 4 is 0 Å². The summed E-state index contributed by atoms with van der Waals surface area (Å²) in [5.41, 5.74) is 0. The van der Waals surface area contributed by atoms with E-state index in [2.05, 4.69) is 15.5 Å². The van der Waals surface area contributed by atoms with Crippen LogP contribution in [0.15, 0.2) is 28.8 Å². The Morgan fingerprint density at radius 1 is 1.45 bits per heavy atom. The average Bonchev–Trinajstić information content (AvgIpc) is 3.09. The second-order valence-electron chi connectivity index (χ2n) is 4.85. The molecule has 0 saturated carbocycles. The zero-order chi connectivity index (χ0) is 13.8. The van der Waals surface area contributed by atoms with Crippen molar-refractivity contribution in [3.63, 3.8) is 0 Å². The van der Waals surface area contributed by atoms with E-state index in [0.29, 0.717) is 23.5 Å². The summed E-state index contributed by atoms with van der Waals surface area (Å²) in [5.74, 6) is 1.21. The maximum atomic E-state index is 13.0. The molecule has 1 fully saturated rings. The van der Waals surface area contributed by atoms with Crippen molar-refractivity contribution in [2.45, 2.75) is 31.9 Å². The van der Waals surface area contributed by atoms with Crippen LogP contribution in [0.2, 0.25) is 0 Å². The molecule has 2 heterocycles. The lowest BCUT2D eigenvalue weighted by Gasteiger charge is -2.04. The van der Waals surface area contributed by atoms with Crippen LogP contribution < -0.4 is 10.1 Å². The first-order valence-electron chi connectivity index (χ1n) is 6.73. The van der Waals surface area contributed by atoms with Crippen LogP contribution in [0, 0.1) is 5.82 Å². The van der Waals surface area contributed by atoms with Gasteiger partial charge in [-0.15, -0.1) is 0 Å². The summed E-state index contributed by atoms with van der Waals surface area (Å²) in [6.45, 7) is 1.22. The Kier molecular flexibility index (Phi) is 3.92. The molecular formula is C14H16FN3O2. The number of ether oxygens (including phenoxy) is 1. The molecule has 1 unspecified atom stereocenters. The highest BCUT2D eigenvalue weighted by molar-refractivity contribution is 5.22. The molecule has 106 valence electrons. The lowest BCUT2D eigenvalue weighted by atomic mass is 10.2. The third-order valence-electron chi connectivity index (χ3n) is 3.26. The molecule has 1 saturated heterocycles. The van der Waals surface area contributed by atoms with Gasteiger partial charge in [0.05, 0.1) is 0 Å². The minimum atomic E-state index is -0.330. The predicted molar refractivity (Wildman–Crippen MR) is 69.8 cm³/mol. The summed E-state index contributed by atoms with van der Waals surface area (Å²) in [7, 11) is 0. The van der Waals surface area contributed by atoms with E-state index < -0.39 is 0 Å². The van der Waals surface area contributed by atoms with Crippen LogP contribution in [0.1, 0.15) is 24.6 Å². The first-order valence-corrected chi connectivity index (χ1v) is 6.73. The normalized spacial score (nSPS) is 18.4. The standard InChI is InChI=1S/C14H16FN3O2/c15-10-3-1-5-12(7-10)19-9-13-17-14(20-18-13)8-11-4-2-6-16-11/h1,3,5,7,11,16H,2,4,6,8-9H2. The molecule has 0 aliphatic carbocycles. The third-order valence-corrected chi connectivity index (χ3v) is 3.26. The van der Waals surface area contributed by atoms with Crippen molar-refractivity contribution in [3.05, 3.63) is 41.8 Å². The van der Waals surface area contributed by atoms with Gasteiger partial charge in [0.25, 0.3) is 0 Å². The molecule has 1 atom stereocenters. The number of rotatable bonds is 5. The highest BCUT2D eigenvalue weighted by Gasteiger charge is 2.18. The molecule has 0 amide bonds. The first kappa shape index (κ1) is 13.1. The summed E-state index contributed by atoms with van der Waals surface area (Å²) in [5, 5.41) is 7.24. The van der Waals surface area contributed by atoms with E-state index in [0.717, 1.165) is 19.4 Å². The SMILES string of the molecule is Fc1cccc(OCc2noc(CC3CCCN3)n2)c1. The molecule has 0 radical (unpaired) electrons. The monoisotopic (exact) mass is 277 g/mol. The average molecular weight is 277 g/mol. The van der Waals surface area contributed by atoms with Crippen LogP contribution in [0.5, 0.6) is 5.75 Å². The number of hydrogen-bond donors (Lipinski definition) is 1. The van der Waals surface area contributed by atoms with Gasteiger partial charge in [-0.05, 0) is 31.5 Å². The molecule has 3 rings (SSSR count). The molecule has 1 aliphatic rings. The van der Waals surface area contributed by atoms with Crippen LogP contribution in [0.25, 0.3) is 0 Å². The lowest BCUT2D eigenvalue weighted by Crippen LogP contribution is -2.23. The summed E-state index contributed by atoms with van der Waals surface area (Å²) in [6.07, 6.45) is 3.07. The van der Waals surface area contributed by atoms with E-state index in [1.165, 1.54) is 18.6 Å². The fourth-order valence-corrected chi connectivity index (χ4v) is 2.28. The molecule has 6 heteroatoms. The summed E-state index contributed by atoms with van der Waals surface area (Å²) >= 11 is 0. The molecule has 0 bridgehead atoms. The highest BCUT2D eigenvalue weighted by atomic mass is 19.1. The summed E-state index contributed by atoms with van der Waals surface area (Å²) in [6, 6.07) is 6.40. The van der Waals surface area contributed by atoms with Crippen LogP contribution in [0.4, 0.5) is 4.39 Å². The van der Waals surface area contributed by atoms with Crippen LogP contribution in [-0.4, -0.2) is 22.7 Å². The van der Waals surface area contributed by atoms with E-state index in [4.69, 9.17) is 9.26 Å². The topological polar surface area (TPSA) is 60.2 Å². The number of hydrogen-bond acceptors (Lipinski definition) is 5. The minimum Gasteiger partial charge on any atom is -0.485 e. The van der Waals surface area contributed by atoms with Gasteiger partial charge in [-0.25, -0.2) is 4.39 Å². The second kappa shape index (κ2) is 6.00. The van der Waals surface area contributed by atoms with Crippen molar-refractivity contribution < 1.29 is 13.7 Å². The van der Waals surface area contributed by atoms with Crippen molar-refractivity contribution in [1.82, 2.24) is 15.5 Å². The van der Waals surface area contributed by atoms with Gasteiger partial charge in [0.1, 0.15) is 11.6 Å². The van der Waals surface area contributed by atoms with E-state index in [1.54, 1.807) is 12.1 Å². The lowest BCUT2D eigenvalue weighted by molar-refractivity contribution is 0.283. The Labute approximate surface area is 116 Å².